The first-order valence-electron chi connectivity index (χ1n) is 13.6. The van der Waals surface area contributed by atoms with Crippen LogP contribution in [0.3, 0.4) is 0 Å². The summed E-state index contributed by atoms with van der Waals surface area (Å²) >= 11 is 3.46. The molecule has 2 atom stereocenters. The Morgan fingerprint density at radius 3 is 2.21 bits per heavy atom. The normalized spacial score (nSPS) is 12.6. The number of hydrogen-bond acceptors (Lipinski definition) is 6. The molecule has 0 aliphatic carbocycles. The van der Waals surface area contributed by atoms with Crippen molar-refractivity contribution in [3.63, 3.8) is 0 Å². The van der Waals surface area contributed by atoms with E-state index in [1.54, 1.807) is 31.2 Å². The molecule has 3 rings (SSSR count). The minimum atomic E-state index is -4.21. The van der Waals surface area contributed by atoms with E-state index in [-0.39, 0.29) is 29.1 Å². The van der Waals surface area contributed by atoms with E-state index in [0.717, 1.165) is 26.3 Å². The van der Waals surface area contributed by atoms with E-state index < -0.39 is 28.5 Å². The van der Waals surface area contributed by atoms with Crippen molar-refractivity contribution in [1.29, 1.82) is 0 Å². The minimum absolute atomic E-state index is 0.0248. The maximum atomic E-state index is 14.1. The number of methoxy groups -OCH3 is 2. The summed E-state index contributed by atoms with van der Waals surface area (Å²) in [5.41, 5.74) is 1.88. The third-order valence-electron chi connectivity index (χ3n) is 6.95. The fourth-order valence-corrected chi connectivity index (χ4v) is 6.08. The SMILES string of the molecule is CC[C@H](C)NC(=O)[C@@H](C)N(Cc1cccc(Br)c1)C(=O)CN(c1ccc(OC)c(OC)c1)S(=O)(=O)c1ccc(C)cc1. The van der Waals surface area contributed by atoms with Crippen molar-refractivity contribution in [1.82, 2.24) is 10.2 Å². The summed E-state index contributed by atoms with van der Waals surface area (Å²) in [6.07, 6.45) is 0.722. The highest BCUT2D eigenvalue weighted by atomic mass is 79.9. The van der Waals surface area contributed by atoms with Gasteiger partial charge < -0.3 is 19.7 Å². The Balaban J connectivity index is 2.09. The summed E-state index contributed by atoms with van der Waals surface area (Å²) in [5, 5.41) is 2.93. The number of nitrogens with zero attached hydrogens (tertiary/aromatic N) is 2. The highest BCUT2D eigenvalue weighted by molar-refractivity contribution is 9.10. The number of anilines is 1. The molecule has 0 unspecified atom stereocenters. The molecule has 0 heterocycles. The average Bonchev–Trinajstić information content (AvgIpc) is 2.97. The smallest absolute Gasteiger partial charge is 0.264 e. The van der Waals surface area contributed by atoms with Gasteiger partial charge in [0.1, 0.15) is 12.6 Å². The lowest BCUT2D eigenvalue weighted by Gasteiger charge is -2.32. The van der Waals surface area contributed by atoms with Gasteiger partial charge in [0.25, 0.3) is 10.0 Å². The van der Waals surface area contributed by atoms with Gasteiger partial charge in [0.05, 0.1) is 24.8 Å². The van der Waals surface area contributed by atoms with Gasteiger partial charge >= 0.3 is 0 Å². The standard InChI is InChI=1S/C31H38BrN3O6S/c1-7-22(3)33-31(37)23(4)34(19-24-9-8-10-25(32)17-24)30(36)20-35(26-13-16-28(40-5)29(18-26)41-6)42(38,39)27-14-11-21(2)12-15-27/h8-18,22-23H,7,19-20H2,1-6H3,(H,33,37)/t22-,23+/m0/s1. The van der Waals surface area contributed by atoms with Crippen LogP contribution in [0.5, 0.6) is 11.5 Å². The number of aryl methyl sites for hydroxylation is 1. The summed E-state index contributed by atoms with van der Waals surface area (Å²) in [6.45, 7) is 6.88. The Morgan fingerprint density at radius 1 is 0.952 bits per heavy atom. The van der Waals surface area contributed by atoms with Crippen molar-refractivity contribution in [2.24, 2.45) is 0 Å². The number of nitrogens with one attached hydrogen (secondary N) is 1. The summed E-state index contributed by atoms with van der Waals surface area (Å²) in [4.78, 5) is 28.7. The topological polar surface area (TPSA) is 105 Å². The van der Waals surface area contributed by atoms with Gasteiger partial charge in [-0.1, -0.05) is 52.7 Å². The largest absolute Gasteiger partial charge is 0.493 e. The summed E-state index contributed by atoms with van der Waals surface area (Å²) in [7, 11) is -1.28. The van der Waals surface area contributed by atoms with Crippen LogP contribution < -0.4 is 19.1 Å². The second kappa shape index (κ2) is 14.6. The monoisotopic (exact) mass is 659 g/mol. The average molecular weight is 661 g/mol. The number of rotatable bonds is 13. The second-order valence-corrected chi connectivity index (χ2v) is 12.8. The maximum Gasteiger partial charge on any atom is 0.264 e. The fraction of sp³-hybridized carbons (Fsp3) is 0.355. The van der Waals surface area contributed by atoms with Crippen molar-refractivity contribution in [2.45, 2.75) is 57.6 Å². The molecule has 9 nitrogen and oxygen atoms in total. The first kappa shape index (κ1) is 32.9. The molecule has 3 aromatic carbocycles. The van der Waals surface area contributed by atoms with Crippen molar-refractivity contribution in [3.8, 4) is 11.5 Å². The number of amides is 2. The number of hydrogen-bond donors (Lipinski definition) is 1. The van der Waals surface area contributed by atoms with Crippen molar-refractivity contribution >= 4 is 43.5 Å². The quantitative estimate of drug-likeness (QED) is 0.267. The minimum Gasteiger partial charge on any atom is -0.493 e. The molecule has 226 valence electrons. The Kier molecular flexibility index (Phi) is 11.4. The molecular weight excluding hydrogens is 622 g/mol. The summed E-state index contributed by atoms with van der Waals surface area (Å²) in [5.74, 6) is -0.162. The van der Waals surface area contributed by atoms with Crippen LogP contribution in [-0.2, 0) is 26.2 Å². The Bertz CT molecular complexity index is 1500. The molecule has 0 fully saturated rings. The van der Waals surface area contributed by atoms with E-state index >= 15 is 0 Å². The van der Waals surface area contributed by atoms with E-state index in [1.165, 1.54) is 37.3 Å². The van der Waals surface area contributed by atoms with Crippen LogP contribution in [0.2, 0.25) is 0 Å². The molecule has 0 bridgehead atoms. The Hall–Kier alpha value is -3.57. The fourth-order valence-electron chi connectivity index (χ4n) is 4.23. The second-order valence-electron chi connectivity index (χ2n) is 10.0. The molecule has 0 saturated heterocycles. The third kappa shape index (κ3) is 8.04. The predicted octanol–water partition coefficient (Wildman–Crippen LogP) is 5.30. The van der Waals surface area contributed by atoms with Gasteiger partial charge in [0.2, 0.25) is 11.8 Å². The van der Waals surface area contributed by atoms with Gasteiger partial charge in [0, 0.05) is 23.1 Å². The zero-order valence-corrected chi connectivity index (χ0v) is 27.2. The predicted molar refractivity (Wildman–Crippen MR) is 167 cm³/mol. The third-order valence-corrected chi connectivity index (χ3v) is 9.23. The number of carbonyl (C=O) groups is 2. The Morgan fingerprint density at radius 2 is 1.62 bits per heavy atom. The molecule has 0 spiro atoms. The van der Waals surface area contributed by atoms with E-state index in [0.29, 0.717) is 11.5 Å². The maximum absolute atomic E-state index is 14.1. The van der Waals surface area contributed by atoms with Crippen molar-refractivity contribution in [2.75, 3.05) is 25.1 Å². The zero-order chi connectivity index (χ0) is 31.0. The van der Waals surface area contributed by atoms with Gasteiger partial charge in [-0.05, 0) is 69.2 Å². The number of benzene rings is 3. The van der Waals surface area contributed by atoms with Gasteiger partial charge in [-0.25, -0.2) is 8.42 Å². The van der Waals surface area contributed by atoms with Crippen LogP contribution in [0.25, 0.3) is 0 Å². The van der Waals surface area contributed by atoms with Crippen LogP contribution in [0.15, 0.2) is 76.1 Å². The summed E-state index contributed by atoms with van der Waals surface area (Å²) < 4.78 is 40.7. The van der Waals surface area contributed by atoms with E-state index in [9.17, 15) is 18.0 Å². The van der Waals surface area contributed by atoms with Crippen LogP contribution in [-0.4, -0.2) is 58.0 Å². The first-order valence-corrected chi connectivity index (χ1v) is 15.8. The molecule has 0 radical (unpaired) electrons. The highest BCUT2D eigenvalue weighted by Gasteiger charge is 2.33. The molecule has 3 aromatic rings. The number of sulfonamides is 1. The lowest BCUT2D eigenvalue weighted by Crippen LogP contribution is -2.52. The van der Waals surface area contributed by atoms with E-state index in [1.807, 2.05) is 45.0 Å². The molecule has 0 saturated carbocycles. The molecule has 2 amide bonds. The zero-order valence-electron chi connectivity index (χ0n) is 24.8. The lowest BCUT2D eigenvalue weighted by molar-refractivity contribution is -0.139. The van der Waals surface area contributed by atoms with Gasteiger partial charge in [-0.3, -0.25) is 13.9 Å². The van der Waals surface area contributed by atoms with Gasteiger partial charge in [0.15, 0.2) is 11.5 Å². The molecule has 0 aliphatic heterocycles. The van der Waals surface area contributed by atoms with Crippen molar-refractivity contribution < 1.29 is 27.5 Å². The molecule has 11 heteroatoms. The molecular formula is C31H38BrN3O6S. The molecule has 1 N–H and O–H groups in total. The molecule has 0 aromatic heterocycles. The van der Waals surface area contributed by atoms with Crippen LogP contribution in [0.4, 0.5) is 5.69 Å². The number of ether oxygens (including phenoxy) is 2. The number of halogens is 1. The van der Waals surface area contributed by atoms with Crippen LogP contribution >= 0.6 is 15.9 Å². The Labute approximate surface area is 257 Å². The summed E-state index contributed by atoms with van der Waals surface area (Å²) in [6, 6.07) is 17.5. The van der Waals surface area contributed by atoms with E-state index in [2.05, 4.69) is 21.2 Å². The van der Waals surface area contributed by atoms with Gasteiger partial charge in [-0.15, -0.1) is 0 Å². The highest BCUT2D eigenvalue weighted by Crippen LogP contribution is 2.34. The van der Waals surface area contributed by atoms with Gasteiger partial charge in [-0.2, -0.15) is 0 Å². The number of carbonyl (C=O) groups excluding carboxylic acids is 2. The van der Waals surface area contributed by atoms with Crippen LogP contribution in [0, 0.1) is 6.92 Å². The first-order chi connectivity index (χ1) is 19.9. The van der Waals surface area contributed by atoms with E-state index in [4.69, 9.17) is 9.47 Å². The lowest BCUT2D eigenvalue weighted by atomic mass is 10.1. The molecule has 42 heavy (non-hydrogen) atoms. The molecule has 0 aliphatic rings. The van der Waals surface area contributed by atoms with Crippen molar-refractivity contribution in [3.05, 3.63) is 82.3 Å². The van der Waals surface area contributed by atoms with Crippen LogP contribution in [0.1, 0.15) is 38.3 Å².